The van der Waals surface area contributed by atoms with Crippen LogP contribution in [-0.2, 0) is 13.6 Å². The van der Waals surface area contributed by atoms with Gasteiger partial charge in [0.15, 0.2) is 0 Å². The molecule has 0 fully saturated rings. The van der Waals surface area contributed by atoms with E-state index in [2.05, 4.69) is 20.9 Å². The molecule has 4 heteroatoms. The van der Waals surface area contributed by atoms with Gasteiger partial charge in [0.25, 0.3) is 0 Å². The maximum atomic E-state index is 9.42. The quantitative estimate of drug-likeness (QED) is 0.754. The van der Waals surface area contributed by atoms with Gasteiger partial charge in [-0.05, 0) is 24.3 Å². The van der Waals surface area contributed by atoms with Crippen LogP contribution in [0, 0.1) is 0 Å². The van der Waals surface area contributed by atoms with Gasteiger partial charge >= 0.3 is 0 Å². The number of aryl methyl sites for hydroxylation is 1. The molecule has 3 rings (SSSR count). The van der Waals surface area contributed by atoms with E-state index >= 15 is 0 Å². The number of benzene rings is 2. The second kappa shape index (κ2) is 4.65. The molecule has 0 saturated carbocycles. The molecule has 19 heavy (non-hydrogen) atoms. The first-order chi connectivity index (χ1) is 9.24. The van der Waals surface area contributed by atoms with Gasteiger partial charge in [-0.1, -0.05) is 18.2 Å². The Morgan fingerprint density at radius 1 is 1.16 bits per heavy atom. The Balaban J connectivity index is 1.84. The number of hydrogen-bond donors (Lipinski definition) is 2. The SMILES string of the molecule is Cn1c(CNc2cccc(O)c2)nc2ccccc21. The van der Waals surface area contributed by atoms with Crippen LogP contribution in [0.1, 0.15) is 5.82 Å². The van der Waals surface area contributed by atoms with Crippen molar-refractivity contribution in [2.24, 2.45) is 7.05 Å². The molecule has 0 atom stereocenters. The lowest BCUT2D eigenvalue weighted by Gasteiger charge is -2.06. The van der Waals surface area contributed by atoms with E-state index in [0.717, 1.165) is 22.5 Å². The molecule has 0 aliphatic rings. The zero-order valence-corrected chi connectivity index (χ0v) is 10.7. The third-order valence-electron chi connectivity index (χ3n) is 3.18. The molecular formula is C15H15N3O. The fraction of sp³-hybridized carbons (Fsp3) is 0.133. The fourth-order valence-corrected chi connectivity index (χ4v) is 2.15. The number of hydrogen-bond acceptors (Lipinski definition) is 3. The Morgan fingerprint density at radius 3 is 2.79 bits per heavy atom. The van der Waals surface area contributed by atoms with Crippen molar-refractivity contribution in [1.29, 1.82) is 0 Å². The summed E-state index contributed by atoms with van der Waals surface area (Å²) in [6, 6.07) is 15.1. The Bertz CT molecular complexity index is 718. The van der Waals surface area contributed by atoms with E-state index in [1.165, 1.54) is 0 Å². The van der Waals surface area contributed by atoms with Gasteiger partial charge in [-0.25, -0.2) is 4.98 Å². The van der Waals surface area contributed by atoms with Crippen molar-refractivity contribution in [2.45, 2.75) is 6.54 Å². The van der Waals surface area contributed by atoms with Crippen LogP contribution < -0.4 is 5.32 Å². The number of nitrogens with one attached hydrogen (secondary N) is 1. The Kier molecular flexibility index (Phi) is 2.83. The van der Waals surface area contributed by atoms with Gasteiger partial charge in [0, 0.05) is 18.8 Å². The lowest BCUT2D eigenvalue weighted by molar-refractivity contribution is 0.475. The summed E-state index contributed by atoms with van der Waals surface area (Å²) in [5, 5.41) is 12.7. The van der Waals surface area contributed by atoms with E-state index < -0.39 is 0 Å². The largest absolute Gasteiger partial charge is 0.508 e. The third kappa shape index (κ3) is 2.25. The second-order valence-corrected chi connectivity index (χ2v) is 4.48. The predicted molar refractivity (Wildman–Crippen MR) is 76.1 cm³/mol. The van der Waals surface area contributed by atoms with Crippen molar-refractivity contribution in [1.82, 2.24) is 9.55 Å². The molecule has 0 bridgehead atoms. The van der Waals surface area contributed by atoms with Crippen molar-refractivity contribution in [3.8, 4) is 5.75 Å². The van der Waals surface area contributed by atoms with E-state index in [0.29, 0.717) is 6.54 Å². The van der Waals surface area contributed by atoms with E-state index in [-0.39, 0.29) is 5.75 Å². The van der Waals surface area contributed by atoms with Gasteiger partial charge in [-0.2, -0.15) is 0 Å². The number of fused-ring (bicyclic) bond motifs is 1. The Morgan fingerprint density at radius 2 is 2.00 bits per heavy atom. The molecule has 2 N–H and O–H groups in total. The highest BCUT2D eigenvalue weighted by Crippen LogP contribution is 2.18. The molecule has 3 aromatic rings. The average Bonchev–Trinajstić information content (AvgIpc) is 2.74. The lowest BCUT2D eigenvalue weighted by Crippen LogP contribution is -2.05. The number of phenols is 1. The standard InChI is InChI=1S/C15H15N3O/c1-18-14-8-3-2-7-13(14)17-15(18)10-16-11-5-4-6-12(19)9-11/h2-9,16,19H,10H2,1H3. The molecule has 96 valence electrons. The van der Waals surface area contributed by atoms with Gasteiger partial charge in [0.2, 0.25) is 0 Å². The van der Waals surface area contributed by atoms with E-state index in [1.807, 2.05) is 37.4 Å². The average molecular weight is 253 g/mol. The van der Waals surface area contributed by atoms with Crippen molar-refractivity contribution < 1.29 is 5.11 Å². The number of phenolic OH excluding ortho intramolecular Hbond substituents is 1. The Labute approximate surface area is 111 Å². The summed E-state index contributed by atoms with van der Waals surface area (Å²) in [4.78, 5) is 4.59. The predicted octanol–water partition coefficient (Wildman–Crippen LogP) is 2.89. The van der Waals surface area contributed by atoms with Crippen LogP contribution in [0.15, 0.2) is 48.5 Å². The number of imidazole rings is 1. The van der Waals surface area contributed by atoms with Crippen LogP contribution in [0.5, 0.6) is 5.75 Å². The zero-order valence-electron chi connectivity index (χ0n) is 10.7. The van der Waals surface area contributed by atoms with Crippen LogP contribution in [0.3, 0.4) is 0 Å². The molecule has 1 heterocycles. The highest BCUT2D eigenvalue weighted by molar-refractivity contribution is 5.75. The summed E-state index contributed by atoms with van der Waals surface area (Å²) >= 11 is 0. The van der Waals surface area contributed by atoms with Crippen LogP contribution >= 0.6 is 0 Å². The van der Waals surface area contributed by atoms with E-state index in [1.54, 1.807) is 12.1 Å². The summed E-state index contributed by atoms with van der Waals surface area (Å²) in [6.45, 7) is 0.620. The number of anilines is 1. The molecule has 0 saturated heterocycles. The van der Waals surface area contributed by atoms with Crippen molar-refractivity contribution in [3.63, 3.8) is 0 Å². The van der Waals surface area contributed by atoms with Gasteiger partial charge in [-0.3, -0.25) is 0 Å². The molecular weight excluding hydrogens is 238 g/mol. The molecule has 0 unspecified atom stereocenters. The summed E-state index contributed by atoms with van der Waals surface area (Å²) in [5.41, 5.74) is 3.00. The minimum atomic E-state index is 0.259. The van der Waals surface area contributed by atoms with E-state index in [9.17, 15) is 5.11 Å². The molecule has 0 spiro atoms. The summed E-state index contributed by atoms with van der Waals surface area (Å²) in [6.07, 6.45) is 0. The minimum Gasteiger partial charge on any atom is -0.508 e. The maximum absolute atomic E-state index is 9.42. The highest BCUT2D eigenvalue weighted by atomic mass is 16.3. The molecule has 1 aromatic heterocycles. The molecule has 0 amide bonds. The number of aromatic hydroxyl groups is 1. The highest BCUT2D eigenvalue weighted by Gasteiger charge is 2.06. The molecule has 0 radical (unpaired) electrons. The topological polar surface area (TPSA) is 50.1 Å². The molecule has 4 nitrogen and oxygen atoms in total. The second-order valence-electron chi connectivity index (χ2n) is 4.48. The van der Waals surface area contributed by atoms with Crippen molar-refractivity contribution >= 4 is 16.7 Å². The smallest absolute Gasteiger partial charge is 0.128 e. The first-order valence-corrected chi connectivity index (χ1v) is 6.17. The Hall–Kier alpha value is -2.49. The van der Waals surface area contributed by atoms with E-state index in [4.69, 9.17) is 0 Å². The van der Waals surface area contributed by atoms with Crippen LogP contribution in [0.25, 0.3) is 11.0 Å². The number of aromatic nitrogens is 2. The van der Waals surface area contributed by atoms with Crippen molar-refractivity contribution in [2.75, 3.05) is 5.32 Å². The van der Waals surface area contributed by atoms with Crippen LogP contribution in [0.4, 0.5) is 5.69 Å². The fourth-order valence-electron chi connectivity index (χ4n) is 2.15. The van der Waals surface area contributed by atoms with Gasteiger partial charge < -0.3 is 15.0 Å². The number of nitrogens with zero attached hydrogens (tertiary/aromatic N) is 2. The lowest BCUT2D eigenvalue weighted by atomic mass is 10.3. The molecule has 2 aromatic carbocycles. The molecule has 0 aliphatic carbocycles. The molecule has 0 aliphatic heterocycles. The maximum Gasteiger partial charge on any atom is 0.128 e. The summed E-state index contributed by atoms with van der Waals surface area (Å²) in [7, 11) is 2.01. The minimum absolute atomic E-state index is 0.259. The zero-order chi connectivity index (χ0) is 13.2. The van der Waals surface area contributed by atoms with Gasteiger partial charge in [-0.15, -0.1) is 0 Å². The van der Waals surface area contributed by atoms with Gasteiger partial charge in [0.05, 0.1) is 17.6 Å². The third-order valence-corrected chi connectivity index (χ3v) is 3.18. The number of para-hydroxylation sites is 2. The normalized spacial score (nSPS) is 10.8. The first kappa shape index (κ1) is 11.6. The van der Waals surface area contributed by atoms with Crippen LogP contribution in [0.2, 0.25) is 0 Å². The number of rotatable bonds is 3. The summed E-state index contributed by atoms with van der Waals surface area (Å²) in [5.74, 6) is 1.22. The first-order valence-electron chi connectivity index (χ1n) is 6.17. The van der Waals surface area contributed by atoms with Crippen LogP contribution in [-0.4, -0.2) is 14.7 Å². The van der Waals surface area contributed by atoms with Crippen molar-refractivity contribution in [3.05, 3.63) is 54.4 Å². The monoisotopic (exact) mass is 253 g/mol. The summed E-state index contributed by atoms with van der Waals surface area (Å²) < 4.78 is 2.07. The van der Waals surface area contributed by atoms with Gasteiger partial charge in [0.1, 0.15) is 11.6 Å².